The summed E-state index contributed by atoms with van der Waals surface area (Å²) in [5, 5.41) is 25.8. The lowest BCUT2D eigenvalue weighted by molar-refractivity contribution is -0.0967. The average Bonchev–Trinajstić information content (AvgIpc) is 3.20. The SMILES string of the molecule is CC12CCC(O)CC1=CC=C1C2CCC2(C)C1CCC2(O)CN(Cc1ccccc1)C(=O)Nc1ccccc1. The Bertz CT molecular complexity index is 1270. The van der Waals surface area contributed by atoms with E-state index in [4.69, 9.17) is 0 Å². The highest BCUT2D eigenvalue weighted by Crippen LogP contribution is 2.66. The lowest BCUT2D eigenvalue weighted by Crippen LogP contribution is -2.57. The van der Waals surface area contributed by atoms with Crippen LogP contribution in [0.15, 0.2) is 84.0 Å². The number of carbonyl (C=O) groups is 1. The summed E-state index contributed by atoms with van der Waals surface area (Å²) in [4.78, 5) is 15.4. The lowest BCUT2D eigenvalue weighted by atomic mass is 9.50. The lowest BCUT2D eigenvalue weighted by Gasteiger charge is -2.56. The van der Waals surface area contributed by atoms with Gasteiger partial charge in [0, 0.05) is 17.6 Å². The number of allylic oxidation sites excluding steroid dienone is 3. The number of fused-ring (bicyclic) bond motifs is 5. The van der Waals surface area contributed by atoms with Crippen LogP contribution < -0.4 is 5.32 Å². The van der Waals surface area contributed by atoms with E-state index in [9.17, 15) is 15.0 Å². The van der Waals surface area contributed by atoms with Crippen LogP contribution >= 0.6 is 0 Å². The van der Waals surface area contributed by atoms with Crippen LogP contribution in [0, 0.1) is 22.7 Å². The number of aliphatic hydroxyl groups excluding tert-OH is 1. The predicted molar refractivity (Wildman–Crippen MR) is 155 cm³/mol. The van der Waals surface area contributed by atoms with Crippen molar-refractivity contribution in [2.24, 2.45) is 22.7 Å². The zero-order valence-electron chi connectivity index (χ0n) is 23.3. The number of carbonyl (C=O) groups excluding carboxylic acids is 1. The van der Waals surface area contributed by atoms with Crippen molar-refractivity contribution in [2.75, 3.05) is 11.9 Å². The number of hydrogen-bond donors (Lipinski definition) is 3. The molecule has 206 valence electrons. The Labute approximate surface area is 232 Å². The van der Waals surface area contributed by atoms with E-state index >= 15 is 0 Å². The molecular weight excluding hydrogens is 484 g/mol. The molecule has 0 saturated heterocycles. The van der Waals surface area contributed by atoms with Gasteiger partial charge in [-0.3, -0.25) is 0 Å². The van der Waals surface area contributed by atoms with Crippen LogP contribution in [0.2, 0.25) is 0 Å². The summed E-state index contributed by atoms with van der Waals surface area (Å²) < 4.78 is 0. The first-order chi connectivity index (χ1) is 18.7. The van der Waals surface area contributed by atoms with Gasteiger partial charge >= 0.3 is 6.03 Å². The van der Waals surface area contributed by atoms with E-state index in [1.165, 1.54) is 11.1 Å². The second kappa shape index (κ2) is 9.94. The van der Waals surface area contributed by atoms with Gasteiger partial charge in [-0.15, -0.1) is 0 Å². The first kappa shape index (κ1) is 26.3. The van der Waals surface area contributed by atoms with Crippen LogP contribution in [0.4, 0.5) is 10.5 Å². The van der Waals surface area contributed by atoms with Gasteiger partial charge in [-0.05, 0) is 79.9 Å². The highest BCUT2D eigenvalue weighted by molar-refractivity contribution is 5.89. The highest BCUT2D eigenvalue weighted by atomic mass is 16.3. The van der Waals surface area contributed by atoms with Crippen molar-refractivity contribution in [1.29, 1.82) is 0 Å². The average molecular weight is 527 g/mol. The number of nitrogens with one attached hydrogen (secondary N) is 1. The molecule has 0 heterocycles. The van der Waals surface area contributed by atoms with Crippen molar-refractivity contribution < 1.29 is 15.0 Å². The molecule has 6 rings (SSSR count). The largest absolute Gasteiger partial charge is 0.393 e. The van der Waals surface area contributed by atoms with Gasteiger partial charge in [0.05, 0.1) is 18.2 Å². The first-order valence-electron chi connectivity index (χ1n) is 14.7. The van der Waals surface area contributed by atoms with Gasteiger partial charge in [-0.25, -0.2) is 4.79 Å². The fourth-order valence-corrected chi connectivity index (χ4v) is 8.40. The highest BCUT2D eigenvalue weighted by Gasteiger charge is 2.62. The molecule has 5 nitrogen and oxygen atoms in total. The standard InChI is InChI=1S/C34H42N2O3/c1-32-18-15-27(37)21-25(32)13-14-28-29(32)16-19-33(2)30(28)17-20-34(33,39)23-36(22-24-9-5-3-6-10-24)31(38)35-26-11-7-4-8-12-26/h3-14,27,29-30,37,39H,15-23H2,1-2H3,(H,35,38). The summed E-state index contributed by atoms with van der Waals surface area (Å²) in [5.41, 5.74) is 3.54. The number of anilines is 1. The molecule has 4 aliphatic carbocycles. The molecule has 6 unspecified atom stereocenters. The number of amides is 2. The molecule has 3 fully saturated rings. The van der Waals surface area contributed by atoms with Crippen molar-refractivity contribution in [1.82, 2.24) is 4.90 Å². The van der Waals surface area contributed by atoms with Crippen LogP contribution in [-0.4, -0.2) is 39.4 Å². The summed E-state index contributed by atoms with van der Waals surface area (Å²) in [5.74, 6) is 0.783. The molecule has 39 heavy (non-hydrogen) atoms. The molecule has 0 spiro atoms. The normalized spacial score (nSPS) is 35.1. The molecule has 3 N–H and O–H groups in total. The molecular formula is C34H42N2O3. The molecule has 4 aliphatic rings. The van der Waals surface area contributed by atoms with Crippen LogP contribution in [0.3, 0.4) is 0 Å². The number of benzene rings is 2. The monoisotopic (exact) mass is 526 g/mol. The van der Waals surface area contributed by atoms with Crippen LogP contribution in [0.25, 0.3) is 0 Å². The number of para-hydroxylation sites is 1. The first-order valence-corrected chi connectivity index (χ1v) is 14.7. The van der Waals surface area contributed by atoms with Crippen molar-refractivity contribution in [2.45, 2.75) is 77.0 Å². The van der Waals surface area contributed by atoms with E-state index in [0.29, 0.717) is 31.3 Å². The molecule has 2 amide bonds. The Balaban J connectivity index is 1.28. The maximum atomic E-state index is 13.6. The number of urea groups is 1. The van der Waals surface area contributed by atoms with Gasteiger partial charge in [0.25, 0.3) is 0 Å². The molecule has 0 radical (unpaired) electrons. The number of hydrogen-bond acceptors (Lipinski definition) is 3. The second-order valence-corrected chi connectivity index (χ2v) is 12.9. The van der Waals surface area contributed by atoms with Gasteiger partial charge in [-0.2, -0.15) is 0 Å². The van der Waals surface area contributed by atoms with E-state index in [-0.39, 0.29) is 23.0 Å². The fraction of sp³-hybridized carbons (Fsp3) is 0.500. The maximum Gasteiger partial charge on any atom is 0.322 e. The second-order valence-electron chi connectivity index (χ2n) is 12.9. The van der Waals surface area contributed by atoms with Crippen molar-refractivity contribution in [3.63, 3.8) is 0 Å². The van der Waals surface area contributed by atoms with E-state index in [1.807, 2.05) is 60.7 Å². The minimum Gasteiger partial charge on any atom is -0.393 e. The van der Waals surface area contributed by atoms with Gasteiger partial charge in [-0.1, -0.05) is 85.7 Å². The Hall–Kier alpha value is -2.89. The summed E-state index contributed by atoms with van der Waals surface area (Å²) in [6.45, 7) is 5.42. The van der Waals surface area contributed by atoms with Gasteiger partial charge in [0.15, 0.2) is 0 Å². The van der Waals surface area contributed by atoms with E-state index in [0.717, 1.165) is 49.8 Å². The minimum atomic E-state index is -0.972. The quantitative estimate of drug-likeness (QED) is 0.406. The molecule has 5 heteroatoms. The van der Waals surface area contributed by atoms with Crippen molar-refractivity contribution in [3.05, 3.63) is 89.5 Å². The molecule has 0 bridgehead atoms. The zero-order valence-corrected chi connectivity index (χ0v) is 23.3. The van der Waals surface area contributed by atoms with Gasteiger partial charge in [0.2, 0.25) is 0 Å². The van der Waals surface area contributed by atoms with E-state index < -0.39 is 5.60 Å². The van der Waals surface area contributed by atoms with Crippen LogP contribution in [0.1, 0.15) is 64.4 Å². The summed E-state index contributed by atoms with van der Waals surface area (Å²) >= 11 is 0. The zero-order chi connectivity index (χ0) is 27.3. The Kier molecular flexibility index (Phi) is 6.71. The summed E-state index contributed by atoms with van der Waals surface area (Å²) in [6, 6.07) is 19.4. The molecule has 2 aromatic carbocycles. The topological polar surface area (TPSA) is 72.8 Å². The van der Waals surface area contributed by atoms with Gasteiger partial charge in [0.1, 0.15) is 0 Å². The Morgan fingerprint density at radius 1 is 0.923 bits per heavy atom. The predicted octanol–water partition coefficient (Wildman–Crippen LogP) is 6.70. The Morgan fingerprint density at radius 2 is 1.62 bits per heavy atom. The Morgan fingerprint density at radius 3 is 2.36 bits per heavy atom. The molecule has 2 aromatic rings. The summed E-state index contributed by atoms with van der Waals surface area (Å²) in [7, 11) is 0. The van der Waals surface area contributed by atoms with E-state index in [2.05, 4.69) is 31.3 Å². The minimum absolute atomic E-state index is 0.111. The third-order valence-electron chi connectivity index (χ3n) is 10.8. The maximum absolute atomic E-state index is 13.6. The molecule has 3 saturated carbocycles. The van der Waals surface area contributed by atoms with E-state index in [1.54, 1.807) is 4.90 Å². The summed E-state index contributed by atoms with van der Waals surface area (Å²) in [6.07, 6.45) is 10.7. The third-order valence-corrected chi connectivity index (χ3v) is 10.8. The molecule has 6 atom stereocenters. The fourth-order valence-electron chi connectivity index (χ4n) is 8.40. The van der Waals surface area contributed by atoms with Crippen LogP contribution in [-0.2, 0) is 6.54 Å². The number of nitrogens with zero attached hydrogens (tertiary/aromatic N) is 1. The van der Waals surface area contributed by atoms with Gasteiger partial charge < -0.3 is 20.4 Å². The number of aliphatic hydroxyl groups is 2. The van der Waals surface area contributed by atoms with Crippen LogP contribution in [0.5, 0.6) is 0 Å². The molecule has 0 aromatic heterocycles. The third kappa shape index (κ3) is 4.54. The molecule has 0 aliphatic heterocycles. The van der Waals surface area contributed by atoms with Crippen molar-refractivity contribution in [3.8, 4) is 0 Å². The van der Waals surface area contributed by atoms with Crippen molar-refractivity contribution >= 4 is 11.7 Å². The smallest absolute Gasteiger partial charge is 0.322 e. The number of rotatable bonds is 5.